The molecule has 1 aliphatic heterocycles. The van der Waals surface area contributed by atoms with Crippen LogP contribution in [-0.4, -0.2) is 47.8 Å². The fraction of sp³-hybridized carbons (Fsp3) is 0.727. The minimum atomic E-state index is -0.913. The molecule has 7 nitrogen and oxygen atoms in total. The molecule has 1 aliphatic rings. The van der Waals surface area contributed by atoms with Crippen LogP contribution in [0.3, 0.4) is 0 Å². The van der Waals surface area contributed by atoms with Crippen LogP contribution in [0.15, 0.2) is 0 Å². The molecule has 8 heteroatoms. The van der Waals surface area contributed by atoms with Crippen molar-refractivity contribution >= 4 is 33.8 Å². The molecule has 108 valence electrons. The van der Waals surface area contributed by atoms with Crippen LogP contribution in [0.1, 0.15) is 20.8 Å². The molecule has 1 saturated heterocycles. The Morgan fingerprint density at radius 1 is 0.947 bits per heavy atom. The van der Waals surface area contributed by atoms with Crippen molar-refractivity contribution in [2.75, 3.05) is 6.61 Å². The Kier molecular flexibility index (Phi) is 5.74. The van der Waals surface area contributed by atoms with Gasteiger partial charge in [-0.15, -0.1) is 0 Å². The topological polar surface area (TPSA) is 88.1 Å². The van der Waals surface area contributed by atoms with Crippen LogP contribution in [-0.2, 0) is 33.3 Å². The Morgan fingerprint density at radius 2 is 1.42 bits per heavy atom. The lowest BCUT2D eigenvalue weighted by Crippen LogP contribution is -2.55. The van der Waals surface area contributed by atoms with Gasteiger partial charge in [0.25, 0.3) is 0 Å². The van der Waals surface area contributed by atoms with Gasteiger partial charge in [0.1, 0.15) is 0 Å². The minimum absolute atomic E-state index is 0.0329. The van der Waals surface area contributed by atoms with Gasteiger partial charge in [0.05, 0.1) is 6.61 Å². The highest BCUT2D eigenvalue weighted by Crippen LogP contribution is 2.27. The maximum absolute atomic E-state index is 11.1. The van der Waals surface area contributed by atoms with Gasteiger partial charge in [0, 0.05) is 20.8 Å². The van der Waals surface area contributed by atoms with Crippen molar-refractivity contribution in [2.24, 2.45) is 0 Å². The number of rotatable bonds is 3. The third-order valence-corrected chi connectivity index (χ3v) is 3.08. The number of halogens is 1. The molecule has 0 aliphatic carbocycles. The maximum Gasteiger partial charge on any atom is 0.303 e. The van der Waals surface area contributed by atoms with E-state index < -0.39 is 41.2 Å². The standard InChI is InChI=1S/C11H15BrO7/c1-5(13)17-8-4-16-11(12)10(19-7(3)15)9(8)18-6(2)14/h8-11H,4H2,1-3H3/t8-,9+,10-,11+/m0/s1. The molecule has 0 aromatic heterocycles. The van der Waals surface area contributed by atoms with Crippen LogP contribution in [0.25, 0.3) is 0 Å². The number of hydrogen-bond acceptors (Lipinski definition) is 7. The van der Waals surface area contributed by atoms with E-state index in [1.54, 1.807) is 0 Å². The van der Waals surface area contributed by atoms with Gasteiger partial charge in [-0.3, -0.25) is 14.4 Å². The summed E-state index contributed by atoms with van der Waals surface area (Å²) in [6.07, 6.45) is -2.62. The van der Waals surface area contributed by atoms with E-state index >= 15 is 0 Å². The highest BCUT2D eigenvalue weighted by molar-refractivity contribution is 9.09. The van der Waals surface area contributed by atoms with Crippen LogP contribution < -0.4 is 0 Å². The third-order valence-electron chi connectivity index (χ3n) is 2.29. The summed E-state index contributed by atoms with van der Waals surface area (Å²) in [4.78, 5) is 33.2. The van der Waals surface area contributed by atoms with E-state index in [0.29, 0.717) is 0 Å². The molecule has 4 atom stereocenters. The number of ether oxygens (including phenoxy) is 4. The summed E-state index contributed by atoms with van der Waals surface area (Å²) < 4.78 is 20.4. The molecular formula is C11H15BrO7. The monoisotopic (exact) mass is 338 g/mol. The number of alkyl halides is 1. The van der Waals surface area contributed by atoms with Crippen molar-refractivity contribution < 1.29 is 33.3 Å². The summed E-state index contributed by atoms with van der Waals surface area (Å²) in [5.41, 5.74) is 0. The van der Waals surface area contributed by atoms with Crippen molar-refractivity contribution in [1.29, 1.82) is 0 Å². The normalized spacial score (nSPS) is 30.3. The van der Waals surface area contributed by atoms with Crippen molar-refractivity contribution in [1.82, 2.24) is 0 Å². The minimum Gasteiger partial charge on any atom is -0.456 e. The summed E-state index contributed by atoms with van der Waals surface area (Å²) in [5.74, 6) is -1.67. The van der Waals surface area contributed by atoms with Crippen LogP contribution in [0, 0.1) is 0 Å². The number of carbonyl (C=O) groups is 3. The van der Waals surface area contributed by atoms with Crippen LogP contribution >= 0.6 is 15.9 Å². The van der Waals surface area contributed by atoms with E-state index in [1.807, 2.05) is 0 Å². The molecule has 1 fully saturated rings. The molecule has 1 rings (SSSR count). The van der Waals surface area contributed by atoms with Gasteiger partial charge in [0.15, 0.2) is 23.3 Å². The Labute approximate surface area is 118 Å². The zero-order valence-electron chi connectivity index (χ0n) is 10.8. The summed E-state index contributed by atoms with van der Waals surface area (Å²) in [7, 11) is 0. The lowest BCUT2D eigenvalue weighted by atomic mass is 10.1. The van der Waals surface area contributed by atoms with Crippen LogP contribution in [0.4, 0.5) is 0 Å². The van der Waals surface area contributed by atoms with E-state index in [2.05, 4.69) is 15.9 Å². The Balaban J connectivity index is 2.89. The molecule has 0 N–H and O–H groups in total. The average Bonchev–Trinajstić information content (AvgIpc) is 2.25. The molecule has 19 heavy (non-hydrogen) atoms. The van der Waals surface area contributed by atoms with E-state index in [-0.39, 0.29) is 6.61 Å². The highest BCUT2D eigenvalue weighted by atomic mass is 79.9. The highest BCUT2D eigenvalue weighted by Gasteiger charge is 2.45. The molecule has 0 saturated carbocycles. The number of hydrogen-bond donors (Lipinski definition) is 0. The molecule has 0 aromatic rings. The summed E-state index contributed by atoms with van der Waals surface area (Å²) in [5, 5.41) is -0.646. The van der Waals surface area contributed by atoms with E-state index in [0.717, 1.165) is 0 Å². The smallest absolute Gasteiger partial charge is 0.303 e. The van der Waals surface area contributed by atoms with Gasteiger partial charge in [-0.1, -0.05) is 15.9 Å². The van der Waals surface area contributed by atoms with Crippen molar-refractivity contribution in [3.05, 3.63) is 0 Å². The summed E-state index contributed by atoms with van der Waals surface area (Å²) in [6, 6.07) is 0. The predicted octanol–water partition coefficient (Wildman–Crippen LogP) is 0.533. The molecule has 0 aromatic carbocycles. The molecule has 0 spiro atoms. The average molecular weight is 339 g/mol. The molecule has 1 heterocycles. The van der Waals surface area contributed by atoms with Crippen molar-refractivity contribution in [3.63, 3.8) is 0 Å². The maximum atomic E-state index is 11.1. The quantitative estimate of drug-likeness (QED) is 0.421. The zero-order valence-corrected chi connectivity index (χ0v) is 12.3. The Morgan fingerprint density at radius 3 is 1.89 bits per heavy atom. The number of esters is 3. The van der Waals surface area contributed by atoms with Gasteiger partial charge >= 0.3 is 17.9 Å². The first-order chi connectivity index (χ1) is 8.81. The van der Waals surface area contributed by atoms with E-state index in [9.17, 15) is 14.4 Å². The van der Waals surface area contributed by atoms with Crippen LogP contribution in [0.5, 0.6) is 0 Å². The second-order valence-electron chi connectivity index (χ2n) is 3.98. The molecule has 0 radical (unpaired) electrons. The first-order valence-electron chi connectivity index (χ1n) is 5.58. The van der Waals surface area contributed by atoms with Crippen molar-refractivity contribution in [3.8, 4) is 0 Å². The third kappa shape index (κ3) is 4.79. The Bertz CT molecular complexity index is 370. The summed E-state index contributed by atoms with van der Waals surface area (Å²) in [6.45, 7) is 3.70. The van der Waals surface area contributed by atoms with Crippen molar-refractivity contribution in [2.45, 2.75) is 44.1 Å². The lowest BCUT2D eigenvalue weighted by Gasteiger charge is -2.38. The number of carbonyl (C=O) groups excluding carboxylic acids is 3. The predicted molar refractivity (Wildman–Crippen MR) is 65.3 cm³/mol. The molecular weight excluding hydrogens is 324 g/mol. The van der Waals surface area contributed by atoms with Gasteiger partial charge in [-0.2, -0.15) is 0 Å². The lowest BCUT2D eigenvalue weighted by molar-refractivity contribution is -0.212. The molecule has 0 amide bonds. The van der Waals surface area contributed by atoms with E-state index in [1.165, 1.54) is 20.8 Å². The fourth-order valence-corrected chi connectivity index (χ4v) is 2.26. The molecule has 0 unspecified atom stereocenters. The zero-order chi connectivity index (χ0) is 14.6. The largest absolute Gasteiger partial charge is 0.456 e. The van der Waals surface area contributed by atoms with Gasteiger partial charge in [-0.05, 0) is 0 Å². The van der Waals surface area contributed by atoms with Crippen LogP contribution in [0.2, 0.25) is 0 Å². The summed E-state index contributed by atoms with van der Waals surface area (Å²) >= 11 is 3.18. The first kappa shape index (κ1) is 15.9. The fourth-order valence-electron chi connectivity index (χ4n) is 1.70. The van der Waals surface area contributed by atoms with Gasteiger partial charge in [0.2, 0.25) is 0 Å². The SMILES string of the molecule is CC(=O)O[C@H]1[C@H](OC(C)=O)[C@@H](OC(C)=O)CO[C@H]1Br. The van der Waals surface area contributed by atoms with Gasteiger partial charge < -0.3 is 18.9 Å². The van der Waals surface area contributed by atoms with E-state index in [4.69, 9.17) is 18.9 Å². The first-order valence-corrected chi connectivity index (χ1v) is 6.50. The van der Waals surface area contributed by atoms with Gasteiger partial charge in [-0.25, -0.2) is 0 Å². The molecule has 0 bridgehead atoms. The second kappa shape index (κ2) is 6.85. The second-order valence-corrected chi connectivity index (χ2v) is 4.88. The Hall–Kier alpha value is -1.15.